The van der Waals surface area contributed by atoms with E-state index in [1.54, 1.807) is 0 Å². The van der Waals surface area contributed by atoms with Crippen molar-refractivity contribution in [3.8, 4) is 0 Å². The summed E-state index contributed by atoms with van der Waals surface area (Å²) >= 11 is 11.6. The summed E-state index contributed by atoms with van der Waals surface area (Å²) < 4.78 is 12.7. The molecule has 0 fully saturated rings. The Bertz CT molecular complexity index is 279. The van der Waals surface area contributed by atoms with Gasteiger partial charge < -0.3 is 5.32 Å². The van der Waals surface area contributed by atoms with Crippen molar-refractivity contribution in [1.29, 1.82) is 0 Å². The normalized spacial score (nSPS) is 10.2. The second-order valence-electron chi connectivity index (χ2n) is 2.67. The second-order valence-corrected chi connectivity index (χ2v) is 3.49. The summed E-state index contributed by atoms with van der Waals surface area (Å²) in [5.74, 6) is -0.419. The van der Waals surface area contributed by atoms with Crippen LogP contribution < -0.4 is 5.32 Å². The van der Waals surface area contributed by atoms with Crippen LogP contribution in [0.15, 0.2) is 12.1 Å². The first-order chi connectivity index (χ1) is 6.15. The summed E-state index contributed by atoms with van der Waals surface area (Å²) in [5, 5.41) is 3.66. The summed E-state index contributed by atoms with van der Waals surface area (Å²) in [6.45, 7) is 2.80. The van der Waals surface area contributed by atoms with E-state index in [0.29, 0.717) is 15.7 Å². The first kappa shape index (κ1) is 10.6. The van der Waals surface area contributed by atoms with Gasteiger partial charge in [-0.3, -0.25) is 0 Å². The molecule has 0 heterocycles. The highest BCUT2D eigenvalue weighted by Crippen LogP contribution is 2.31. The molecular formula is C9H10Cl2FN. The maximum atomic E-state index is 12.7. The Labute approximate surface area is 86.8 Å². The molecule has 0 bridgehead atoms. The number of halogens is 3. The van der Waals surface area contributed by atoms with Gasteiger partial charge in [0.1, 0.15) is 5.82 Å². The molecule has 0 unspecified atom stereocenters. The van der Waals surface area contributed by atoms with Crippen molar-refractivity contribution in [2.75, 3.05) is 11.9 Å². The minimum Gasteiger partial charge on any atom is -0.383 e. The summed E-state index contributed by atoms with van der Waals surface area (Å²) in [6.07, 6.45) is 0.962. The fraction of sp³-hybridized carbons (Fsp3) is 0.333. The Hall–Kier alpha value is -0.470. The Balaban J connectivity index is 2.92. The smallest absolute Gasteiger partial charge is 0.126 e. The van der Waals surface area contributed by atoms with Gasteiger partial charge in [-0.05, 0) is 18.6 Å². The molecule has 13 heavy (non-hydrogen) atoms. The standard InChI is InChI=1S/C9H10Cl2FN/c1-2-3-13-9-7(10)4-6(12)5-8(9)11/h4-5,13H,2-3H2,1H3. The third kappa shape index (κ3) is 2.75. The molecule has 0 aliphatic rings. The van der Waals surface area contributed by atoms with Gasteiger partial charge in [-0.15, -0.1) is 0 Å². The van der Waals surface area contributed by atoms with Crippen LogP contribution in [-0.2, 0) is 0 Å². The first-order valence-electron chi connectivity index (χ1n) is 4.03. The highest BCUT2D eigenvalue weighted by Gasteiger charge is 2.06. The lowest BCUT2D eigenvalue weighted by Crippen LogP contribution is -2.01. The van der Waals surface area contributed by atoms with E-state index < -0.39 is 5.82 Å². The van der Waals surface area contributed by atoms with Crippen molar-refractivity contribution in [2.45, 2.75) is 13.3 Å². The fourth-order valence-corrected chi connectivity index (χ4v) is 1.56. The van der Waals surface area contributed by atoms with Crippen LogP contribution in [0.5, 0.6) is 0 Å². The van der Waals surface area contributed by atoms with E-state index in [0.717, 1.165) is 13.0 Å². The van der Waals surface area contributed by atoms with Crippen molar-refractivity contribution >= 4 is 28.9 Å². The average Bonchev–Trinajstić information content (AvgIpc) is 2.02. The van der Waals surface area contributed by atoms with Crippen LogP contribution in [0, 0.1) is 5.82 Å². The number of rotatable bonds is 3. The van der Waals surface area contributed by atoms with E-state index >= 15 is 0 Å². The van der Waals surface area contributed by atoms with Gasteiger partial charge in [0, 0.05) is 6.54 Å². The van der Waals surface area contributed by atoms with Crippen LogP contribution in [0.1, 0.15) is 13.3 Å². The van der Waals surface area contributed by atoms with Gasteiger partial charge in [0.2, 0.25) is 0 Å². The molecule has 0 radical (unpaired) electrons. The largest absolute Gasteiger partial charge is 0.383 e. The Morgan fingerprint density at radius 1 is 1.31 bits per heavy atom. The number of nitrogens with one attached hydrogen (secondary N) is 1. The number of anilines is 1. The Kier molecular flexibility index (Phi) is 3.82. The van der Waals surface area contributed by atoms with Crippen LogP contribution in [0.2, 0.25) is 10.0 Å². The molecular weight excluding hydrogens is 212 g/mol. The zero-order valence-electron chi connectivity index (χ0n) is 7.20. The van der Waals surface area contributed by atoms with E-state index in [1.807, 2.05) is 6.92 Å². The third-order valence-electron chi connectivity index (χ3n) is 1.56. The quantitative estimate of drug-likeness (QED) is 0.816. The molecule has 72 valence electrons. The lowest BCUT2D eigenvalue weighted by atomic mass is 10.3. The monoisotopic (exact) mass is 221 g/mol. The van der Waals surface area contributed by atoms with Crippen LogP contribution in [0.25, 0.3) is 0 Å². The van der Waals surface area contributed by atoms with Crippen LogP contribution >= 0.6 is 23.2 Å². The zero-order valence-corrected chi connectivity index (χ0v) is 8.71. The van der Waals surface area contributed by atoms with Crippen molar-refractivity contribution in [2.24, 2.45) is 0 Å². The molecule has 1 rings (SSSR count). The highest BCUT2D eigenvalue weighted by atomic mass is 35.5. The van der Waals surface area contributed by atoms with Gasteiger partial charge in [0.15, 0.2) is 0 Å². The molecule has 1 N–H and O–H groups in total. The lowest BCUT2D eigenvalue weighted by molar-refractivity contribution is 0.628. The topological polar surface area (TPSA) is 12.0 Å². The number of benzene rings is 1. The fourth-order valence-electron chi connectivity index (χ4n) is 0.961. The van der Waals surface area contributed by atoms with E-state index in [-0.39, 0.29) is 0 Å². The zero-order chi connectivity index (χ0) is 9.84. The SMILES string of the molecule is CCCNc1c(Cl)cc(F)cc1Cl. The number of hydrogen-bond donors (Lipinski definition) is 1. The molecule has 0 atom stereocenters. The maximum Gasteiger partial charge on any atom is 0.126 e. The molecule has 0 aliphatic carbocycles. The molecule has 0 saturated heterocycles. The average molecular weight is 222 g/mol. The Morgan fingerprint density at radius 2 is 1.85 bits per heavy atom. The van der Waals surface area contributed by atoms with Crippen LogP contribution in [0.4, 0.5) is 10.1 Å². The predicted octanol–water partition coefficient (Wildman–Crippen LogP) is 3.95. The minimum atomic E-state index is -0.419. The van der Waals surface area contributed by atoms with E-state index in [4.69, 9.17) is 23.2 Å². The van der Waals surface area contributed by atoms with Gasteiger partial charge >= 0.3 is 0 Å². The predicted molar refractivity (Wildman–Crippen MR) is 55.2 cm³/mol. The van der Waals surface area contributed by atoms with E-state index in [1.165, 1.54) is 12.1 Å². The Morgan fingerprint density at radius 3 is 2.31 bits per heavy atom. The summed E-state index contributed by atoms with van der Waals surface area (Å²) in [4.78, 5) is 0. The molecule has 0 amide bonds. The second kappa shape index (κ2) is 4.68. The van der Waals surface area contributed by atoms with Gasteiger partial charge in [-0.1, -0.05) is 30.1 Å². The van der Waals surface area contributed by atoms with Crippen LogP contribution in [0.3, 0.4) is 0 Å². The minimum absolute atomic E-state index is 0.318. The molecule has 1 nitrogen and oxygen atoms in total. The molecule has 0 aromatic heterocycles. The lowest BCUT2D eigenvalue weighted by Gasteiger charge is -2.08. The van der Waals surface area contributed by atoms with E-state index in [2.05, 4.69) is 5.32 Å². The molecule has 0 spiro atoms. The van der Waals surface area contributed by atoms with Gasteiger partial charge in [0.05, 0.1) is 15.7 Å². The van der Waals surface area contributed by atoms with Gasteiger partial charge in [-0.25, -0.2) is 4.39 Å². The van der Waals surface area contributed by atoms with Gasteiger partial charge in [-0.2, -0.15) is 0 Å². The first-order valence-corrected chi connectivity index (χ1v) is 4.79. The number of hydrogen-bond acceptors (Lipinski definition) is 1. The summed E-state index contributed by atoms with van der Waals surface area (Å²) in [7, 11) is 0. The maximum absolute atomic E-state index is 12.7. The van der Waals surface area contributed by atoms with Crippen molar-refractivity contribution < 1.29 is 4.39 Å². The highest BCUT2D eigenvalue weighted by molar-refractivity contribution is 6.39. The molecule has 4 heteroatoms. The molecule has 0 aliphatic heterocycles. The third-order valence-corrected chi connectivity index (χ3v) is 2.15. The molecule has 1 aromatic carbocycles. The molecule has 1 aromatic rings. The van der Waals surface area contributed by atoms with Crippen molar-refractivity contribution in [3.05, 3.63) is 28.0 Å². The summed E-state index contributed by atoms with van der Waals surface area (Å²) in [5.41, 5.74) is 0.603. The van der Waals surface area contributed by atoms with E-state index in [9.17, 15) is 4.39 Å². The van der Waals surface area contributed by atoms with Crippen molar-refractivity contribution in [1.82, 2.24) is 0 Å². The van der Waals surface area contributed by atoms with Crippen molar-refractivity contribution in [3.63, 3.8) is 0 Å². The summed E-state index contributed by atoms with van der Waals surface area (Å²) in [6, 6.07) is 2.48. The van der Waals surface area contributed by atoms with Crippen LogP contribution in [-0.4, -0.2) is 6.54 Å². The molecule has 0 saturated carbocycles. The van der Waals surface area contributed by atoms with Gasteiger partial charge in [0.25, 0.3) is 0 Å².